The molecule has 184 valence electrons. The van der Waals surface area contributed by atoms with Gasteiger partial charge in [-0.3, -0.25) is 0 Å². The van der Waals surface area contributed by atoms with E-state index >= 15 is 0 Å². The average Bonchev–Trinajstić information content (AvgIpc) is 2.87. The molecular weight excluding hydrogens is 456 g/mol. The number of ether oxygens (including phenoxy) is 3. The van der Waals surface area contributed by atoms with Crippen LogP contribution in [0.1, 0.15) is 36.2 Å². The summed E-state index contributed by atoms with van der Waals surface area (Å²) in [5.74, 6) is -0.430. The van der Waals surface area contributed by atoms with E-state index in [2.05, 4.69) is 13.2 Å². The van der Waals surface area contributed by atoms with E-state index in [0.717, 1.165) is 23.1 Å². The first-order valence-corrected chi connectivity index (χ1v) is 11.4. The Morgan fingerprint density at radius 2 is 1.17 bits per heavy atom. The van der Waals surface area contributed by atoms with Gasteiger partial charge in [-0.2, -0.15) is 0 Å². The van der Waals surface area contributed by atoms with Crippen molar-refractivity contribution in [3.05, 3.63) is 108 Å². The molecule has 0 radical (unpaired) electrons. The SMILES string of the molecule is C=C(C)C(=O)OCCCc1ccc(OC(=O)c2ccc(-c3ccc(OC(=O)C(=C)C)cc3)cc2)cc1. The van der Waals surface area contributed by atoms with E-state index < -0.39 is 11.9 Å². The van der Waals surface area contributed by atoms with Crippen LogP contribution in [0.4, 0.5) is 0 Å². The maximum Gasteiger partial charge on any atom is 0.343 e. The maximum absolute atomic E-state index is 12.5. The third-order valence-electron chi connectivity index (χ3n) is 5.19. The Hall–Kier alpha value is -4.45. The predicted molar refractivity (Wildman–Crippen MR) is 138 cm³/mol. The third kappa shape index (κ3) is 7.53. The number of carbonyl (C=O) groups excluding carboxylic acids is 3. The molecule has 0 atom stereocenters. The van der Waals surface area contributed by atoms with Crippen molar-refractivity contribution in [3.8, 4) is 22.6 Å². The van der Waals surface area contributed by atoms with Crippen LogP contribution in [-0.2, 0) is 20.7 Å². The standard InChI is InChI=1S/C30H28O6/c1-20(2)28(31)34-19-5-6-22-7-15-26(16-8-22)36-30(33)25-11-9-23(10-12-25)24-13-17-27(18-14-24)35-29(32)21(3)4/h7-18H,1,3,5-6,19H2,2,4H3. The summed E-state index contributed by atoms with van der Waals surface area (Å²) < 4.78 is 15.8. The minimum Gasteiger partial charge on any atom is -0.462 e. The van der Waals surface area contributed by atoms with Crippen molar-refractivity contribution in [2.75, 3.05) is 6.61 Å². The fourth-order valence-electron chi connectivity index (χ4n) is 3.16. The van der Waals surface area contributed by atoms with Crippen LogP contribution in [0, 0.1) is 0 Å². The molecule has 6 heteroatoms. The molecule has 0 aliphatic heterocycles. The van der Waals surface area contributed by atoms with Gasteiger partial charge in [0, 0.05) is 11.1 Å². The zero-order valence-corrected chi connectivity index (χ0v) is 20.4. The van der Waals surface area contributed by atoms with E-state index in [1.54, 1.807) is 50.2 Å². The Kier molecular flexibility index (Phi) is 8.95. The molecule has 0 aromatic heterocycles. The van der Waals surface area contributed by atoms with Crippen molar-refractivity contribution in [2.45, 2.75) is 26.7 Å². The number of benzene rings is 3. The lowest BCUT2D eigenvalue weighted by atomic mass is 10.0. The molecule has 3 rings (SSSR count). The van der Waals surface area contributed by atoms with E-state index in [1.807, 2.05) is 36.4 Å². The van der Waals surface area contributed by atoms with Crippen LogP contribution in [0.3, 0.4) is 0 Å². The predicted octanol–water partition coefficient (Wildman–Crippen LogP) is 6.11. The Balaban J connectivity index is 1.52. The van der Waals surface area contributed by atoms with Gasteiger partial charge >= 0.3 is 17.9 Å². The van der Waals surface area contributed by atoms with Gasteiger partial charge in [0.05, 0.1) is 12.2 Å². The van der Waals surface area contributed by atoms with Crippen molar-refractivity contribution in [3.63, 3.8) is 0 Å². The van der Waals surface area contributed by atoms with Gasteiger partial charge in [-0.1, -0.05) is 49.6 Å². The summed E-state index contributed by atoms with van der Waals surface area (Å²) >= 11 is 0. The van der Waals surface area contributed by atoms with E-state index in [9.17, 15) is 14.4 Å². The summed E-state index contributed by atoms with van der Waals surface area (Å²) in [5.41, 5.74) is 4.00. The Bertz CT molecular complexity index is 1250. The highest BCUT2D eigenvalue weighted by Crippen LogP contribution is 2.24. The minimum absolute atomic E-state index is 0.324. The number of rotatable bonds is 10. The first-order valence-electron chi connectivity index (χ1n) is 11.4. The molecule has 3 aromatic carbocycles. The monoisotopic (exact) mass is 484 g/mol. The van der Waals surface area contributed by atoms with E-state index in [-0.39, 0.29) is 5.97 Å². The lowest BCUT2D eigenvalue weighted by molar-refractivity contribution is -0.139. The van der Waals surface area contributed by atoms with Crippen molar-refractivity contribution in [1.29, 1.82) is 0 Å². The first kappa shape index (κ1) is 26.2. The summed E-state index contributed by atoms with van der Waals surface area (Å²) in [5, 5.41) is 0. The average molecular weight is 485 g/mol. The lowest BCUT2D eigenvalue weighted by Gasteiger charge is -2.08. The molecule has 0 amide bonds. The molecule has 0 heterocycles. The van der Waals surface area contributed by atoms with Crippen LogP contribution in [0.2, 0.25) is 0 Å². The lowest BCUT2D eigenvalue weighted by Crippen LogP contribution is -2.08. The number of esters is 3. The molecule has 36 heavy (non-hydrogen) atoms. The molecule has 0 unspecified atom stereocenters. The first-order chi connectivity index (χ1) is 17.2. The maximum atomic E-state index is 12.5. The van der Waals surface area contributed by atoms with Crippen molar-refractivity contribution < 1.29 is 28.6 Å². The topological polar surface area (TPSA) is 78.9 Å². The molecule has 0 fully saturated rings. The van der Waals surface area contributed by atoms with Gasteiger partial charge in [0.1, 0.15) is 11.5 Å². The van der Waals surface area contributed by atoms with Crippen LogP contribution in [-0.4, -0.2) is 24.5 Å². The Labute approximate surface area is 210 Å². The molecular formula is C30H28O6. The number of carbonyl (C=O) groups is 3. The zero-order valence-electron chi connectivity index (χ0n) is 20.4. The number of aryl methyl sites for hydroxylation is 1. The van der Waals surface area contributed by atoms with Crippen molar-refractivity contribution in [2.24, 2.45) is 0 Å². The van der Waals surface area contributed by atoms with E-state index in [0.29, 0.717) is 41.2 Å². The molecule has 3 aromatic rings. The molecule has 0 saturated heterocycles. The quantitative estimate of drug-likeness (QED) is 0.150. The second kappa shape index (κ2) is 12.3. The fraction of sp³-hybridized carbons (Fsp3) is 0.167. The molecule has 6 nitrogen and oxygen atoms in total. The van der Waals surface area contributed by atoms with Gasteiger partial charge in [0.25, 0.3) is 0 Å². The summed E-state index contributed by atoms with van der Waals surface area (Å²) in [6.07, 6.45) is 1.42. The second-order valence-electron chi connectivity index (χ2n) is 8.32. The van der Waals surface area contributed by atoms with Crippen LogP contribution in [0.5, 0.6) is 11.5 Å². The normalized spacial score (nSPS) is 10.3. The minimum atomic E-state index is -0.470. The smallest absolute Gasteiger partial charge is 0.343 e. The van der Waals surface area contributed by atoms with Gasteiger partial charge in [-0.05, 0) is 79.8 Å². The summed E-state index contributed by atoms with van der Waals surface area (Å²) in [6.45, 7) is 10.6. The van der Waals surface area contributed by atoms with Crippen LogP contribution < -0.4 is 9.47 Å². The van der Waals surface area contributed by atoms with Crippen LogP contribution in [0.15, 0.2) is 97.1 Å². The van der Waals surface area contributed by atoms with Gasteiger partial charge in [-0.25, -0.2) is 14.4 Å². The van der Waals surface area contributed by atoms with Gasteiger partial charge in [0.15, 0.2) is 0 Å². The molecule has 0 N–H and O–H groups in total. The van der Waals surface area contributed by atoms with Crippen LogP contribution in [0.25, 0.3) is 11.1 Å². The van der Waals surface area contributed by atoms with E-state index in [4.69, 9.17) is 14.2 Å². The van der Waals surface area contributed by atoms with Crippen LogP contribution >= 0.6 is 0 Å². The molecule has 0 saturated carbocycles. The van der Waals surface area contributed by atoms with Crippen molar-refractivity contribution in [1.82, 2.24) is 0 Å². The highest BCUT2D eigenvalue weighted by atomic mass is 16.5. The molecule has 0 aliphatic rings. The largest absolute Gasteiger partial charge is 0.462 e. The highest BCUT2D eigenvalue weighted by Gasteiger charge is 2.10. The van der Waals surface area contributed by atoms with Gasteiger partial charge in [-0.15, -0.1) is 0 Å². The summed E-state index contributed by atoms with van der Waals surface area (Å²) in [4.78, 5) is 35.6. The summed E-state index contributed by atoms with van der Waals surface area (Å²) in [6, 6.07) is 21.4. The molecule has 0 aliphatic carbocycles. The Morgan fingerprint density at radius 3 is 1.72 bits per heavy atom. The summed E-state index contributed by atoms with van der Waals surface area (Å²) in [7, 11) is 0. The van der Waals surface area contributed by atoms with Crippen molar-refractivity contribution >= 4 is 17.9 Å². The molecule has 0 bridgehead atoms. The second-order valence-corrected chi connectivity index (χ2v) is 8.32. The highest BCUT2D eigenvalue weighted by molar-refractivity contribution is 5.92. The number of hydrogen-bond donors (Lipinski definition) is 0. The number of hydrogen-bond acceptors (Lipinski definition) is 6. The zero-order chi connectivity index (χ0) is 26.1. The molecule has 0 spiro atoms. The van der Waals surface area contributed by atoms with E-state index in [1.165, 1.54) is 0 Å². The fourth-order valence-corrected chi connectivity index (χ4v) is 3.16. The Morgan fingerprint density at radius 1 is 0.667 bits per heavy atom. The van der Waals surface area contributed by atoms with Gasteiger partial charge < -0.3 is 14.2 Å². The van der Waals surface area contributed by atoms with Gasteiger partial charge in [0.2, 0.25) is 0 Å². The third-order valence-corrected chi connectivity index (χ3v) is 5.19.